The highest BCUT2D eigenvalue weighted by Gasteiger charge is 2.22. The van der Waals surface area contributed by atoms with Crippen molar-refractivity contribution in [1.29, 1.82) is 0 Å². The molecule has 0 aromatic carbocycles. The van der Waals surface area contributed by atoms with Gasteiger partial charge in [0, 0.05) is 16.2 Å². The Bertz CT molecular complexity index is 508. The van der Waals surface area contributed by atoms with Crippen LogP contribution in [0.1, 0.15) is 33.0 Å². The minimum Gasteiger partial charge on any atom is -0.481 e. The molecule has 1 rings (SSSR count). The van der Waals surface area contributed by atoms with Crippen LogP contribution in [0, 0.1) is 13.8 Å². The number of carboxylic acid groups (broad SMARTS) is 2. The van der Waals surface area contributed by atoms with Crippen molar-refractivity contribution in [3.63, 3.8) is 0 Å². The SMILES string of the molecule is Cc1cc(C(=O)N[C@@H](CCC(=O)O)C(=O)O)c(C)s1. The highest BCUT2D eigenvalue weighted by atomic mass is 32.1. The Labute approximate surface area is 114 Å². The number of thiophene rings is 1. The van der Waals surface area contributed by atoms with Gasteiger partial charge in [-0.2, -0.15) is 0 Å². The van der Waals surface area contributed by atoms with Crippen molar-refractivity contribution in [3.8, 4) is 0 Å². The summed E-state index contributed by atoms with van der Waals surface area (Å²) in [5.74, 6) is -2.82. The maximum atomic E-state index is 11.9. The van der Waals surface area contributed by atoms with Gasteiger partial charge in [-0.15, -0.1) is 11.3 Å². The summed E-state index contributed by atoms with van der Waals surface area (Å²) in [6.45, 7) is 3.63. The molecule has 7 heteroatoms. The lowest BCUT2D eigenvalue weighted by molar-refractivity contribution is -0.140. The van der Waals surface area contributed by atoms with Gasteiger partial charge in [0.1, 0.15) is 6.04 Å². The molecule has 1 heterocycles. The van der Waals surface area contributed by atoms with Crippen molar-refractivity contribution in [2.45, 2.75) is 32.7 Å². The second-order valence-corrected chi connectivity index (χ2v) is 5.58. The molecule has 1 aromatic heterocycles. The number of hydrogen-bond acceptors (Lipinski definition) is 4. The van der Waals surface area contributed by atoms with E-state index in [1.807, 2.05) is 6.92 Å². The molecule has 0 bridgehead atoms. The summed E-state index contributed by atoms with van der Waals surface area (Å²) in [4.78, 5) is 35.1. The number of carbonyl (C=O) groups excluding carboxylic acids is 1. The van der Waals surface area contributed by atoms with Crippen LogP contribution in [-0.2, 0) is 9.59 Å². The number of aryl methyl sites for hydroxylation is 2. The number of carboxylic acids is 2. The van der Waals surface area contributed by atoms with E-state index >= 15 is 0 Å². The normalized spacial score (nSPS) is 11.9. The van der Waals surface area contributed by atoms with Crippen LogP contribution < -0.4 is 5.32 Å². The molecule has 1 atom stereocenters. The molecule has 0 fully saturated rings. The third-order valence-corrected chi connectivity index (χ3v) is 3.50. The predicted molar refractivity (Wildman–Crippen MR) is 69.6 cm³/mol. The van der Waals surface area contributed by atoms with Gasteiger partial charge in [-0.25, -0.2) is 4.79 Å². The van der Waals surface area contributed by atoms with Crippen molar-refractivity contribution in [3.05, 3.63) is 21.4 Å². The number of rotatable bonds is 6. The molecule has 0 unspecified atom stereocenters. The summed E-state index contributed by atoms with van der Waals surface area (Å²) in [7, 11) is 0. The van der Waals surface area contributed by atoms with Crippen LogP contribution in [0.15, 0.2) is 6.07 Å². The van der Waals surface area contributed by atoms with Crippen molar-refractivity contribution in [1.82, 2.24) is 5.32 Å². The Kier molecular flexibility index (Phi) is 5.05. The second-order valence-electron chi connectivity index (χ2n) is 4.12. The van der Waals surface area contributed by atoms with Gasteiger partial charge in [-0.05, 0) is 26.3 Å². The first-order valence-electron chi connectivity index (χ1n) is 5.63. The fourth-order valence-corrected chi connectivity index (χ4v) is 2.54. The van der Waals surface area contributed by atoms with Gasteiger partial charge < -0.3 is 15.5 Å². The van der Waals surface area contributed by atoms with Crippen LogP contribution >= 0.6 is 11.3 Å². The lowest BCUT2D eigenvalue weighted by Gasteiger charge is -2.13. The molecule has 0 spiro atoms. The summed E-state index contributed by atoms with van der Waals surface area (Å²) in [6.07, 6.45) is -0.447. The Morgan fingerprint density at radius 3 is 2.37 bits per heavy atom. The van der Waals surface area contributed by atoms with Crippen LogP contribution in [0.3, 0.4) is 0 Å². The highest BCUT2D eigenvalue weighted by Crippen LogP contribution is 2.20. The number of amides is 1. The molecule has 0 saturated heterocycles. The van der Waals surface area contributed by atoms with Crippen molar-refractivity contribution in [2.75, 3.05) is 0 Å². The summed E-state index contributed by atoms with van der Waals surface area (Å²) in [5, 5.41) is 19.8. The van der Waals surface area contributed by atoms with E-state index in [4.69, 9.17) is 10.2 Å². The largest absolute Gasteiger partial charge is 0.481 e. The van der Waals surface area contributed by atoms with E-state index in [0.717, 1.165) is 9.75 Å². The van der Waals surface area contributed by atoms with Crippen molar-refractivity contribution in [2.24, 2.45) is 0 Å². The van der Waals surface area contributed by atoms with Gasteiger partial charge in [-0.1, -0.05) is 0 Å². The second kappa shape index (κ2) is 6.33. The maximum absolute atomic E-state index is 11.9. The smallest absolute Gasteiger partial charge is 0.326 e. The Morgan fingerprint density at radius 2 is 1.95 bits per heavy atom. The molecule has 6 nitrogen and oxygen atoms in total. The highest BCUT2D eigenvalue weighted by molar-refractivity contribution is 7.12. The summed E-state index contributed by atoms with van der Waals surface area (Å²) in [5.41, 5.74) is 0.434. The Hall–Kier alpha value is -1.89. The lowest BCUT2D eigenvalue weighted by Crippen LogP contribution is -2.41. The molecule has 19 heavy (non-hydrogen) atoms. The molecule has 1 amide bonds. The van der Waals surface area contributed by atoms with Crippen LogP contribution in [0.5, 0.6) is 0 Å². The van der Waals surface area contributed by atoms with E-state index in [2.05, 4.69) is 5.32 Å². The molecule has 0 radical (unpaired) electrons. The first-order valence-corrected chi connectivity index (χ1v) is 6.45. The molecule has 0 saturated carbocycles. The number of hydrogen-bond donors (Lipinski definition) is 3. The van der Waals surface area contributed by atoms with E-state index in [1.54, 1.807) is 13.0 Å². The molecule has 0 aliphatic heterocycles. The van der Waals surface area contributed by atoms with Crippen LogP contribution in [0.2, 0.25) is 0 Å². The first-order chi connectivity index (χ1) is 8.81. The maximum Gasteiger partial charge on any atom is 0.326 e. The topological polar surface area (TPSA) is 104 Å². The lowest BCUT2D eigenvalue weighted by atomic mass is 10.1. The van der Waals surface area contributed by atoms with E-state index in [0.29, 0.717) is 5.56 Å². The van der Waals surface area contributed by atoms with Crippen LogP contribution in [-0.4, -0.2) is 34.1 Å². The van der Waals surface area contributed by atoms with Crippen molar-refractivity contribution >= 4 is 29.2 Å². The summed E-state index contributed by atoms with van der Waals surface area (Å²) >= 11 is 1.45. The number of carbonyl (C=O) groups is 3. The molecular formula is C12H15NO5S. The van der Waals surface area contributed by atoms with E-state index in [9.17, 15) is 14.4 Å². The number of nitrogens with one attached hydrogen (secondary N) is 1. The first kappa shape index (κ1) is 15.2. The standard InChI is InChI=1S/C12H15NO5S/c1-6-5-8(7(2)19-6)11(16)13-9(12(17)18)3-4-10(14)15/h5,9H,3-4H2,1-2H3,(H,13,16)(H,14,15)(H,17,18)/t9-/m0/s1. The zero-order valence-electron chi connectivity index (χ0n) is 10.6. The van der Waals surface area contributed by atoms with E-state index in [1.165, 1.54) is 11.3 Å². The zero-order valence-corrected chi connectivity index (χ0v) is 11.4. The van der Waals surface area contributed by atoms with Gasteiger partial charge in [0.15, 0.2) is 0 Å². The van der Waals surface area contributed by atoms with Gasteiger partial charge in [0.25, 0.3) is 5.91 Å². The summed E-state index contributed by atoms with van der Waals surface area (Å²) in [6, 6.07) is 0.494. The zero-order chi connectivity index (χ0) is 14.6. The molecular weight excluding hydrogens is 270 g/mol. The minimum absolute atomic E-state index is 0.140. The Morgan fingerprint density at radius 1 is 1.32 bits per heavy atom. The van der Waals surface area contributed by atoms with E-state index < -0.39 is 23.9 Å². The van der Waals surface area contributed by atoms with Crippen LogP contribution in [0.4, 0.5) is 0 Å². The third kappa shape index (κ3) is 4.36. The molecule has 104 valence electrons. The van der Waals surface area contributed by atoms with Gasteiger partial charge in [0.05, 0.1) is 5.56 Å². The number of aliphatic carboxylic acids is 2. The summed E-state index contributed by atoms with van der Waals surface area (Å²) < 4.78 is 0. The van der Waals surface area contributed by atoms with E-state index in [-0.39, 0.29) is 12.8 Å². The molecule has 3 N–H and O–H groups in total. The quantitative estimate of drug-likeness (QED) is 0.733. The fraction of sp³-hybridized carbons (Fsp3) is 0.417. The van der Waals surface area contributed by atoms with Crippen molar-refractivity contribution < 1.29 is 24.6 Å². The monoisotopic (exact) mass is 285 g/mol. The van der Waals surface area contributed by atoms with Gasteiger partial charge in [-0.3, -0.25) is 9.59 Å². The molecule has 0 aliphatic rings. The minimum atomic E-state index is -1.24. The molecule has 1 aromatic rings. The molecule has 0 aliphatic carbocycles. The average Bonchev–Trinajstić information content (AvgIpc) is 2.62. The van der Waals surface area contributed by atoms with Crippen LogP contribution in [0.25, 0.3) is 0 Å². The van der Waals surface area contributed by atoms with Gasteiger partial charge >= 0.3 is 11.9 Å². The van der Waals surface area contributed by atoms with Gasteiger partial charge in [0.2, 0.25) is 0 Å². The average molecular weight is 285 g/mol. The predicted octanol–water partition coefficient (Wildman–Crippen LogP) is 1.41. The fourth-order valence-electron chi connectivity index (χ4n) is 1.62. The third-order valence-electron chi connectivity index (χ3n) is 2.54. The Balaban J connectivity index is 2.74.